The van der Waals surface area contributed by atoms with Gasteiger partial charge < -0.3 is 10.3 Å². The van der Waals surface area contributed by atoms with E-state index in [1.165, 1.54) is 12.1 Å². The SMILES string of the molecule is CC(C)(C)c1ncc(CN2CC3(CN(CC(=O)Nc4cc(F)cc(Cl)c4)C3)C2)[nH]1. The first-order valence-electron chi connectivity index (χ1n) is 9.85. The molecule has 8 heteroatoms. The van der Waals surface area contributed by atoms with Crippen molar-refractivity contribution in [2.24, 2.45) is 5.41 Å². The number of rotatable bonds is 5. The molecule has 2 fully saturated rings. The third-order valence-corrected chi connectivity index (χ3v) is 5.70. The zero-order valence-corrected chi connectivity index (χ0v) is 17.8. The summed E-state index contributed by atoms with van der Waals surface area (Å²) in [5.74, 6) is 0.408. The van der Waals surface area contributed by atoms with Crippen molar-refractivity contribution >= 4 is 23.2 Å². The second-order valence-electron chi connectivity index (χ2n) is 9.50. The molecule has 0 atom stereocenters. The van der Waals surface area contributed by atoms with E-state index in [1.54, 1.807) is 6.07 Å². The number of benzene rings is 1. The standard InChI is InChI=1S/C21H27ClFN5O/c1-20(2,3)19-24-7-17(26-19)8-27-10-21(11-27)12-28(13-21)9-18(29)25-16-5-14(22)4-15(23)6-16/h4-7H,8-13H2,1-3H3,(H,24,26)(H,25,29). The first-order chi connectivity index (χ1) is 13.6. The molecule has 29 heavy (non-hydrogen) atoms. The number of carbonyl (C=O) groups excluding carboxylic acids is 1. The van der Waals surface area contributed by atoms with Crippen LogP contribution in [0.25, 0.3) is 0 Å². The first kappa shape index (κ1) is 20.3. The van der Waals surface area contributed by atoms with E-state index in [9.17, 15) is 9.18 Å². The van der Waals surface area contributed by atoms with Gasteiger partial charge in [0, 0.05) is 66.2 Å². The Bertz CT molecular complexity index is 888. The molecule has 156 valence electrons. The van der Waals surface area contributed by atoms with Crippen LogP contribution in [-0.2, 0) is 16.8 Å². The number of nitrogens with one attached hydrogen (secondary N) is 2. The second kappa shape index (κ2) is 7.38. The number of H-pyrrole nitrogens is 1. The number of nitrogens with zero attached hydrogens (tertiary/aromatic N) is 3. The summed E-state index contributed by atoms with van der Waals surface area (Å²) in [6.45, 7) is 11.5. The van der Waals surface area contributed by atoms with Crippen LogP contribution < -0.4 is 5.32 Å². The molecule has 0 saturated carbocycles. The van der Waals surface area contributed by atoms with Crippen molar-refractivity contribution in [2.45, 2.75) is 32.7 Å². The summed E-state index contributed by atoms with van der Waals surface area (Å²) < 4.78 is 13.4. The van der Waals surface area contributed by atoms with Crippen LogP contribution in [0.15, 0.2) is 24.4 Å². The van der Waals surface area contributed by atoms with Crippen LogP contribution in [0.4, 0.5) is 10.1 Å². The van der Waals surface area contributed by atoms with Gasteiger partial charge in [-0.15, -0.1) is 0 Å². The number of imidazole rings is 1. The lowest BCUT2D eigenvalue weighted by atomic mass is 9.73. The largest absolute Gasteiger partial charge is 0.344 e. The molecule has 0 bridgehead atoms. The van der Waals surface area contributed by atoms with E-state index in [1.807, 2.05) is 6.20 Å². The average molecular weight is 420 g/mol. The van der Waals surface area contributed by atoms with E-state index in [2.05, 4.69) is 45.9 Å². The summed E-state index contributed by atoms with van der Waals surface area (Å²) in [5, 5.41) is 2.98. The topological polar surface area (TPSA) is 64.3 Å². The Morgan fingerprint density at radius 2 is 1.93 bits per heavy atom. The van der Waals surface area contributed by atoms with Gasteiger partial charge in [0.15, 0.2) is 0 Å². The van der Waals surface area contributed by atoms with E-state index in [4.69, 9.17) is 11.6 Å². The number of hydrogen-bond acceptors (Lipinski definition) is 4. The number of anilines is 1. The van der Waals surface area contributed by atoms with Gasteiger partial charge in [-0.1, -0.05) is 32.4 Å². The molecular formula is C21H27ClFN5O. The van der Waals surface area contributed by atoms with Gasteiger partial charge in [-0.25, -0.2) is 9.37 Å². The lowest BCUT2D eigenvalue weighted by Gasteiger charge is -2.60. The molecule has 2 N–H and O–H groups in total. The zero-order valence-electron chi connectivity index (χ0n) is 17.1. The molecule has 1 aromatic heterocycles. The average Bonchev–Trinajstić information content (AvgIpc) is 2.98. The molecule has 0 aliphatic carbocycles. The number of amides is 1. The normalized spacial score (nSPS) is 19.1. The fraction of sp³-hybridized carbons (Fsp3) is 0.524. The van der Waals surface area contributed by atoms with Crippen molar-refractivity contribution in [1.82, 2.24) is 19.8 Å². The maximum atomic E-state index is 13.4. The number of hydrogen-bond donors (Lipinski definition) is 2. The molecule has 3 heterocycles. The number of halogens is 2. The Balaban J connectivity index is 1.20. The van der Waals surface area contributed by atoms with Crippen LogP contribution in [0.2, 0.25) is 5.02 Å². The zero-order chi connectivity index (χ0) is 20.8. The molecule has 2 aromatic rings. The molecule has 0 radical (unpaired) electrons. The van der Waals surface area contributed by atoms with E-state index in [0.29, 0.717) is 17.6 Å². The van der Waals surface area contributed by atoms with Crippen molar-refractivity contribution in [2.75, 3.05) is 38.0 Å². The van der Waals surface area contributed by atoms with Gasteiger partial charge in [-0.3, -0.25) is 14.6 Å². The molecule has 1 amide bonds. The summed E-state index contributed by atoms with van der Waals surface area (Å²) in [6, 6.07) is 4.03. The smallest absolute Gasteiger partial charge is 0.238 e. The number of aromatic nitrogens is 2. The van der Waals surface area contributed by atoms with Gasteiger partial charge in [0.2, 0.25) is 5.91 Å². The minimum absolute atomic E-state index is 0.0281. The number of aromatic amines is 1. The Labute approximate surface area is 175 Å². The predicted octanol–water partition coefficient (Wildman–Crippen LogP) is 3.26. The van der Waals surface area contributed by atoms with Gasteiger partial charge >= 0.3 is 0 Å². The molecule has 1 spiro atoms. The summed E-state index contributed by atoms with van der Waals surface area (Å²) in [7, 11) is 0. The second-order valence-corrected chi connectivity index (χ2v) is 9.94. The summed E-state index contributed by atoms with van der Waals surface area (Å²) in [4.78, 5) is 24.7. The van der Waals surface area contributed by atoms with Crippen LogP contribution in [0.1, 0.15) is 32.3 Å². The third kappa shape index (κ3) is 4.63. The van der Waals surface area contributed by atoms with E-state index >= 15 is 0 Å². The lowest BCUT2D eigenvalue weighted by molar-refractivity contribution is -0.134. The molecule has 0 unspecified atom stereocenters. The molecular weight excluding hydrogens is 393 g/mol. The minimum Gasteiger partial charge on any atom is -0.344 e. The van der Waals surface area contributed by atoms with Crippen molar-refractivity contribution in [3.8, 4) is 0 Å². The predicted molar refractivity (Wildman–Crippen MR) is 111 cm³/mol. The summed E-state index contributed by atoms with van der Waals surface area (Å²) in [5.41, 5.74) is 1.86. The highest BCUT2D eigenvalue weighted by Gasteiger charge is 2.51. The van der Waals surface area contributed by atoms with Crippen LogP contribution in [0, 0.1) is 11.2 Å². The number of carbonyl (C=O) groups is 1. The number of likely N-dealkylation sites (tertiary alicyclic amines) is 2. The quantitative estimate of drug-likeness (QED) is 0.780. The highest BCUT2D eigenvalue weighted by Crippen LogP contribution is 2.40. The molecule has 4 rings (SSSR count). The van der Waals surface area contributed by atoms with Crippen LogP contribution in [0.5, 0.6) is 0 Å². The summed E-state index contributed by atoms with van der Waals surface area (Å²) in [6.07, 6.45) is 1.93. The van der Waals surface area contributed by atoms with Gasteiger partial charge in [0.25, 0.3) is 0 Å². The molecule has 6 nitrogen and oxygen atoms in total. The Kier molecular flexibility index (Phi) is 5.17. The summed E-state index contributed by atoms with van der Waals surface area (Å²) >= 11 is 5.82. The minimum atomic E-state index is -0.461. The Morgan fingerprint density at radius 1 is 1.24 bits per heavy atom. The van der Waals surface area contributed by atoms with E-state index < -0.39 is 5.82 Å². The molecule has 2 saturated heterocycles. The fourth-order valence-corrected chi connectivity index (χ4v) is 4.54. The molecule has 2 aliphatic heterocycles. The van der Waals surface area contributed by atoms with Crippen LogP contribution >= 0.6 is 11.6 Å². The first-order valence-corrected chi connectivity index (χ1v) is 10.2. The lowest BCUT2D eigenvalue weighted by Crippen LogP contribution is -2.72. The monoisotopic (exact) mass is 419 g/mol. The maximum absolute atomic E-state index is 13.4. The van der Waals surface area contributed by atoms with Crippen molar-refractivity contribution < 1.29 is 9.18 Å². The van der Waals surface area contributed by atoms with Crippen molar-refractivity contribution in [3.63, 3.8) is 0 Å². The van der Waals surface area contributed by atoms with Crippen molar-refractivity contribution in [1.29, 1.82) is 0 Å². The molecule has 2 aliphatic rings. The third-order valence-electron chi connectivity index (χ3n) is 5.48. The van der Waals surface area contributed by atoms with E-state index in [0.717, 1.165) is 44.2 Å². The highest BCUT2D eigenvalue weighted by atomic mass is 35.5. The van der Waals surface area contributed by atoms with Crippen LogP contribution in [0.3, 0.4) is 0 Å². The van der Waals surface area contributed by atoms with Gasteiger partial charge in [-0.2, -0.15) is 0 Å². The molecule has 1 aromatic carbocycles. The van der Waals surface area contributed by atoms with Gasteiger partial charge in [0.1, 0.15) is 11.6 Å². The van der Waals surface area contributed by atoms with Gasteiger partial charge in [0.05, 0.1) is 6.54 Å². The highest BCUT2D eigenvalue weighted by molar-refractivity contribution is 6.30. The van der Waals surface area contributed by atoms with E-state index in [-0.39, 0.29) is 16.3 Å². The van der Waals surface area contributed by atoms with Crippen LogP contribution in [-0.4, -0.2) is 58.4 Å². The Hall–Kier alpha value is -1.96. The Morgan fingerprint density at radius 3 is 2.55 bits per heavy atom. The van der Waals surface area contributed by atoms with Crippen molar-refractivity contribution in [3.05, 3.63) is 46.8 Å². The fourth-order valence-electron chi connectivity index (χ4n) is 4.32. The van der Waals surface area contributed by atoms with Gasteiger partial charge in [-0.05, 0) is 18.2 Å². The maximum Gasteiger partial charge on any atom is 0.238 e.